The van der Waals surface area contributed by atoms with E-state index >= 15 is 0 Å². The summed E-state index contributed by atoms with van der Waals surface area (Å²) in [5.41, 5.74) is 7.19. The molecule has 5 nitrogen and oxygen atoms in total. The number of methoxy groups -OCH3 is 2. The average Bonchev–Trinajstić information content (AvgIpc) is 2.30. The SMILES string of the molecule is COc1cc(C)c(CN(C)C(N)=O)cc1OC. The van der Waals surface area contributed by atoms with Crippen molar-refractivity contribution in [2.24, 2.45) is 5.73 Å². The Morgan fingerprint density at radius 1 is 1.29 bits per heavy atom. The van der Waals surface area contributed by atoms with Crippen molar-refractivity contribution >= 4 is 6.03 Å². The van der Waals surface area contributed by atoms with Crippen molar-refractivity contribution in [2.75, 3.05) is 21.3 Å². The first-order valence-corrected chi connectivity index (χ1v) is 5.21. The molecule has 0 bridgehead atoms. The number of benzene rings is 1. The number of urea groups is 1. The van der Waals surface area contributed by atoms with Crippen molar-refractivity contribution in [3.63, 3.8) is 0 Å². The quantitative estimate of drug-likeness (QED) is 0.865. The van der Waals surface area contributed by atoms with Gasteiger partial charge in [-0.1, -0.05) is 0 Å². The van der Waals surface area contributed by atoms with Crippen LogP contribution in [0.5, 0.6) is 11.5 Å². The molecule has 94 valence electrons. The molecule has 17 heavy (non-hydrogen) atoms. The Balaban J connectivity index is 3.04. The molecule has 0 saturated heterocycles. The zero-order valence-corrected chi connectivity index (χ0v) is 10.6. The summed E-state index contributed by atoms with van der Waals surface area (Å²) in [6.45, 7) is 2.40. The van der Waals surface area contributed by atoms with Crippen LogP contribution in [0.15, 0.2) is 12.1 Å². The Labute approximate surface area is 101 Å². The third-order valence-corrected chi connectivity index (χ3v) is 2.63. The average molecular weight is 238 g/mol. The van der Waals surface area contributed by atoms with E-state index in [1.165, 1.54) is 4.90 Å². The molecule has 0 saturated carbocycles. The third-order valence-electron chi connectivity index (χ3n) is 2.63. The van der Waals surface area contributed by atoms with E-state index in [0.29, 0.717) is 18.0 Å². The first-order chi connectivity index (χ1) is 7.99. The number of carbonyl (C=O) groups is 1. The van der Waals surface area contributed by atoms with Crippen LogP contribution in [0, 0.1) is 6.92 Å². The van der Waals surface area contributed by atoms with Crippen LogP contribution in [-0.2, 0) is 6.54 Å². The van der Waals surface area contributed by atoms with E-state index in [0.717, 1.165) is 11.1 Å². The van der Waals surface area contributed by atoms with E-state index in [-0.39, 0.29) is 0 Å². The van der Waals surface area contributed by atoms with Crippen LogP contribution in [0.3, 0.4) is 0 Å². The number of aryl methyl sites for hydroxylation is 1. The number of hydrogen-bond acceptors (Lipinski definition) is 3. The second-order valence-electron chi connectivity index (χ2n) is 3.83. The highest BCUT2D eigenvalue weighted by Gasteiger charge is 2.11. The minimum atomic E-state index is -0.459. The second kappa shape index (κ2) is 5.43. The molecule has 0 atom stereocenters. The summed E-state index contributed by atoms with van der Waals surface area (Å²) in [6.07, 6.45) is 0. The van der Waals surface area contributed by atoms with Gasteiger partial charge < -0.3 is 20.1 Å². The number of rotatable bonds is 4. The molecule has 0 heterocycles. The molecule has 5 heteroatoms. The normalized spacial score (nSPS) is 9.88. The van der Waals surface area contributed by atoms with Crippen molar-refractivity contribution < 1.29 is 14.3 Å². The van der Waals surface area contributed by atoms with Gasteiger partial charge in [0.2, 0.25) is 0 Å². The lowest BCUT2D eigenvalue weighted by Crippen LogP contribution is -2.31. The third kappa shape index (κ3) is 3.03. The minimum Gasteiger partial charge on any atom is -0.493 e. The van der Waals surface area contributed by atoms with Gasteiger partial charge in [0.25, 0.3) is 0 Å². The van der Waals surface area contributed by atoms with E-state index in [2.05, 4.69) is 0 Å². The summed E-state index contributed by atoms with van der Waals surface area (Å²) in [7, 11) is 4.82. The fourth-order valence-electron chi connectivity index (χ4n) is 1.53. The molecule has 0 aliphatic heterocycles. The minimum absolute atomic E-state index is 0.446. The molecular formula is C12H18N2O3. The molecular weight excluding hydrogens is 220 g/mol. The van der Waals surface area contributed by atoms with Gasteiger partial charge in [-0.05, 0) is 30.2 Å². The molecule has 0 aromatic heterocycles. The summed E-state index contributed by atoms with van der Waals surface area (Å²) in [6, 6.07) is 3.27. The topological polar surface area (TPSA) is 64.8 Å². The smallest absolute Gasteiger partial charge is 0.314 e. The first-order valence-electron chi connectivity index (χ1n) is 5.21. The van der Waals surface area contributed by atoms with Crippen molar-refractivity contribution in [3.05, 3.63) is 23.3 Å². The van der Waals surface area contributed by atoms with Crippen LogP contribution < -0.4 is 15.2 Å². The lowest BCUT2D eigenvalue weighted by atomic mass is 10.1. The van der Waals surface area contributed by atoms with Crippen LogP contribution in [0.1, 0.15) is 11.1 Å². The van der Waals surface area contributed by atoms with Crippen LogP contribution in [0.25, 0.3) is 0 Å². The van der Waals surface area contributed by atoms with Gasteiger partial charge in [0.15, 0.2) is 11.5 Å². The first kappa shape index (κ1) is 13.2. The summed E-state index contributed by atoms with van der Waals surface area (Å²) in [4.78, 5) is 12.4. The zero-order valence-electron chi connectivity index (χ0n) is 10.6. The van der Waals surface area contributed by atoms with E-state index in [4.69, 9.17) is 15.2 Å². The molecule has 2 amide bonds. The molecule has 0 spiro atoms. The number of carbonyl (C=O) groups excluding carboxylic acids is 1. The summed E-state index contributed by atoms with van der Waals surface area (Å²) in [5.74, 6) is 1.32. The molecule has 1 aromatic carbocycles. The number of nitrogens with two attached hydrogens (primary N) is 1. The molecule has 1 rings (SSSR count). The zero-order chi connectivity index (χ0) is 13.0. The van der Waals surface area contributed by atoms with E-state index in [9.17, 15) is 4.79 Å². The molecule has 0 unspecified atom stereocenters. The second-order valence-corrected chi connectivity index (χ2v) is 3.83. The van der Waals surface area contributed by atoms with Gasteiger partial charge in [-0.3, -0.25) is 0 Å². The van der Waals surface area contributed by atoms with Gasteiger partial charge >= 0.3 is 6.03 Å². The Kier molecular flexibility index (Phi) is 4.20. The predicted molar refractivity (Wildman–Crippen MR) is 65.3 cm³/mol. The molecule has 1 aromatic rings. The largest absolute Gasteiger partial charge is 0.493 e. The fraction of sp³-hybridized carbons (Fsp3) is 0.417. The number of amides is 2. The van der Waals surface area contributed by atoms with Crippen LogP contribution in [0.2, 0.25) is 0 Å². The van der Waals surface area contributed by atoms with Crippen molar-refractivity contribution in [3.8, 4) is 11.5 Å². The summed E-state index contributed by atoms with van der Waals surface area (Å²) in [5, 5.41) is 0. The highest BCUT2D eigenvalue weighted by molar-refractivity contribution is 5.71. The number of ether oxygens (including phenoxy) is 2. The summed E-state index contributed by atoms with van der Waals surface area (Å²) >= 11 is 0. The maximum absolute atomic E-state index is 11.0. The van der Waals surface area contributed by atoms with Crippen molar-refractivity contribution in [1.29, 1.82) is 0 Å². The Bertz CT molecular complexity index is 418. The van der Waals surface area contributed by atoms with E-state index in [1.54, 1.807) is 21.3 Å². The van der Waals surface area contributed by atoms with Crippen molar-refractivity contribution in [2.45, 2.75) is 13.5 Å². The van der Waals surface area contributed by atoms with Gasteiger partial charge in [0.05, 0.1) is 14.2 Å². The maximum atomic E-state index is 11.0. The highest BCUT2D eigenvalue weighted by atomic mass is 16.5. The number of nitrogens with zero attached hydrogens (tertiary/aromatic N) is 1. The van der Waals surface area contributed by atoms with Crippen LogP contribution in [-0.4, -0.2) is 32.2 Å². The van der Waals surface area contributed by atoms with Gasteiger partial charge in [0.1, 0.15) is 0 Å². The molecule has 0 aliphatic rings. The van der Waals surface area contributed by atoms with Crippen LogP contribution >= 0.6 is 0 Å². The van der Waals surface area contributed by atoms with Gasteiger partial charge in [-0.25, -0.2) is 4.79 Å². The van der Waals surface area contributed by atoms with Gasteiger partial charge in [-0.15, -0.1) is 0 Å². The van der Waals surface area contributed by atoms with E-state index < -0.39 is 6.03 Å². The van der Waals surface area contributed by atoms with Gasteiger partial charge in [0, 0.05) is 13.6 Å². The Morgan fingerprint density at radius 2 is 1.82 bits per heavy atom. The monoisotopic (exact) mass is 238 g/mol. The molecule has 2 N–H and O–H groups in total. The van der Waals surface area contributed by atoms with Gasteiger partial charge in [-0.2, -0.15) is 0 Å². The Morgan fingerprint density at radius 3 is 2.29 bits per heavy atom. The Hall–Kier alpha value is -1.91. The number of primary amides is 1. The molecule has 0 radical (unpaired) electrons. The predicted octanol–water partition coefficient (Wildman–Crippen LogP) is 1.52. The summed E-state index contributed by atoms with van der Waals surface area (Å²) < 4.78 is 10.4. The van der Waals surface area contributed by atoms with Crippen molar-refractivity contribution in [1.82, 2.24) is 4.90 Å². The molecule has 0 aliphatic carbocycles. The standard InChI is InChI=1S/C12H18N2O3/c1-8-5-10(16-3)11(17-4)6-9(8)7-14(2)12(13)15/h5-6H,7H2,1-4H3,(H2,13,15). The fourth-order valence-corrected chi connectivity index (χ4v) is 1.53. The highest BCUT2D eigenvalue weighted by Crippen LogP contribution is 2.30. The lowest BCUT2D eigenvalue weighted by Gasteiger charge is -2.17. The van der Waals surface area contributed by atoms with Crippen LogP contribution in [0.4, 0.5) is 4.79 Å². The lowest BCUT2D eigenvalue weighted by molar-refractivity contribution is 0.216. The maximum Gasteiger partial charge on any atom is 0.314 e. The number of hydrogen-bond donors (Lipinski definition) is 1. The molecule has 0 fully saturated rings. The van der Waals surface area contributed by atoms with E-state index in [1.807, 2.05) is 19.1 Å².